The second-order valence-electron chi connectivity index (χ2n) is 6.29. The van der Waals surface area contributed by atoms with E-state index < -0.39 is 10.0 Å². The van der Waals surface area contributed by atoms with Crippen molar-refractivity contribution in [2.75, 3.05) is 18.8 Å². The Morgan fingerprint density at radius 2 is 2.12 bits per heavy atom. The van der Waals surface area contributed by atoms with Crippen LogP contribution in [0.3, 0.4) is 0 Å². The molecule has 1 aliphatic rings. The van der Waals surface area contributed by atoms with Crippen molar-refractivity contribution < 1.29 is 13.2 Å². The molecule has 1 saturated heterocycles. The van der Waals surface area contributed by atoms with E-state index in [-0.39, 0.29) is 17.7 Å². The first-order chi connectivity index (χ1) is 11.4. The van der Waals surface area contributed by atoms with Gasteiger partial charge in [-0.1, -0.05) is 13.3 Å². The van der Waals surface area contributed by atoms with Gasteiger partial charge in [-0.05, 0) is 33.1 Å². The Kier molecular flexibility index (Phi) is 6.40. The molecule has 1 aromatic rings. The van der Waals surface area contributed by atoms with E-state index in [1.807, 2.05) is 11.6 Å². The van der Waals surface area contributed by atoms with Crippen LogP contribution in [-0.4, -0.2) is 53.3 Å². The van der Waals surface area contributed by atoms with E-state index in [4.69, 9.17) is 0 Å². The van der Waals surface area contributed by atoms with Crippen LogP contribution in [0.1, 0.15) is 55.6 Å². The number of hydrogen-bond acceptors (Lipinski definition) is 4. The predicted octanol–water partition coefficient (Wildman–Crippen LogP) is 1.54. The first-order valence-corrected chi connectivity index (χ1v) is 10.3. The number of nitrogens with zero attached hydrogens (tertiary/aromatic N) is 3. The first-order valence-electron chi connectivity index (χ1n) is 8.70. The molecule has 2 heterocycles. The van der Waals surface area contributed by atoms with Gasteiger partial charge in [-0.2, -0.15) is 9.40 Å². The Bertz CT molecular complexity index is 669. The van der Waals surface area contributed by atoms with E-state index in [0.717, 1.165) is 37.9 Å². The number of aromatic nitrogens is 2. The van der Waals surface area contributed by atoms with Crippen molar-refractivity contribution in [2.24, 2.45) is 0 Å². The van der Waals surface area contributed by atoms with Crippen molar-refractivity contribution in [3.05, 3.63) is 17.5 Å². The summed E-state index contributed by atoms with van der Waals surface area (Å²) < 4.78 is 27.6. The maximum atomic E-state index is 12.6. The summed E-state index contributed by atoms with van der Waals surface area (Å²) in [6.07, 6.45) is 5.09. The molecule has 1 aliphatic heterocycles. The molecule has 136 valence electrons. The Labute approximate surface area is 144 Å². The van der Waals surface area contributed by atoms with Gasteiger partial charge in [0.2, 0.25) is 10.0 Å². The van der Waals surface area contributed by atoms with Crippen molar-refractivity contribution in [1.82, 2.24) is 19.4 Å². The van der Waals surface area contributed by atoms with Crippen molar-refractivity contribution in [2.45, 2.75) is 59.0 Å². The second-order valence-corrected chi connectivity index (χ2v) is 8.55. The molecule has 1 amide bonds. The molecule has 2 rings (SSSR count). The third-order valence-corrected chi connectivity index (χ3v) is 6.36. The maximum Gasteiger partial charge on any atom is 0.255 e. The van der Waals surface area contributed by atoms with Crippen LogP contribution in [0.2, 0.25) is 0 Å². The van der Waals surface area contributed by atoms with Gasteiger partial charge in [-0.25, -0.2) is 8.42 Å². The Hall–Kier alpha value is -1.41. The zero-order chi connectivity index (χ0) is 17.7. The van der Waals surface area contributed by atoms with Crippen LogP contribution in [0.5, 0.6) is 0 Å². The average Bonchev–Trinajstić information content (AvgIpc) is 2.76. The van der Waals surface area contributed by atoms with Gasteiger partial charge < -0.3 is 5.32 Å². The molecule has 0 bridgehead atoms. The fraction of sp³-hybridized carbons (Fsp3) is 0.750. The van der Waals surface area contributed by atoms with E-state index >= 15 is 0 Å². The zero-order valence-electron chi connectivity index (χ0n) is 14.8. The highest BCUT2D eigenvalue weighted by molar-refractivity contribution is 7.89. The fourth-order valence-corrected chi connectivity index (χ4v) is 4.21. The monoisotopic (exact) mass is 356 g/mol. The van der Waals surface area contributed by atoms with E-state index in [2.05, 4.69) is 17.3 Å². The van der Waals surface area contributed by atoms with Crippen LogP contribution in [0.15, 0.2) is 6.20 Å². The molecule has 7 nitrogen and oxygen atoms in total. The summed E-state index contributed by atoms with van der Waals surface area (Å²) in [4.78, 5) is 12.6. The topological polar surface area (TPSA) is 84.3 Å². The van der Waals surface area contributed by atoms with Crippen LogP contribution in [-0.2, 0) is 16.6 Å². The van der Waals surface area contributed by atoms with Gasteiger partial charge in [0.15, 0.2) is 0 Å². The Balaban J connectivity index is 2.07. The highest BCUT2D eigenvalue weighted by Gasteiger charge is 2.27. The number of nitrogens with one attached hydrogen (secondary N) is 1. The molecule has 0 unspecified atom stereocenters. The predicted molar refractivity (Wildman–Crippen MR) is 93.4 cm³/mol. The second kappa shape index (κ2) is 8.11. The quantitative estimate of drug-likeness (QED) is 0.838. The highest BCUT2D eigenvalue weighted by Crippen LogP contribution is 2.16. The van der Waals surface area contributed by atoms with Crippen LogP contribution in [0.4, 0.5) is 0 Å². The normalized spacial score (nSPS) is 19.9. The zero-order valence-corrected chi connectivity index (χ0v) is 15.6. The number of rotatable bonds is 6. The molecule has 0 aromatic carbocycles. The molecule has 0 saturated carbocycles. The molecular weight excluding hydrogens is 328 g/mol. The number of sulfonamides is 1. The molecule has 1 N–H and O–H groups in total. The first kappa shape index (κ1) is 18.9. The minimum atomic E-state index is -3.22. The summed E-state index contributed by atoms with van der Waals surface area (Å²) in [5.41, 5.74) is 1.42. The molecule has 8 heteroatoms. The standard InChI is InChI=1S/C16H28N4O3S/c1-4-9-20-13(3)15(11-17-20)16(21)18-14-8-6-7-10-19(12-14)24(22,23)5-2/h11,14H,4-10,12H2,1-3H3,(H,18,21)/t14-/m1/s1. The molecule has 0 aliphatic carbocycles. The van der Waals surface area contributed by atoms with Crippen LogP contribution in [0.25, 0.3) is 0 Å². The van der Waals surface area contributed by atoms with Gasteiger partial charge in [-0.15, -0.1) is 0 Å². The number of aryl methyl sites for hydroxylation is 1. The summed E-state index contributed by atoms with van der Waals surface area (Å²) in [6, 6.07) is -0.157. The molecule has 1 fully saturated rings. The van der Waals surface area contributed by atoms with Crippen LogP contribution < -0.4 is 5.32 Å². The van der Waals surface area contributed by atoms with Gasteiger partial charge in [0.25, 0.3) is 5.91 Å². The van der Waals surface area contributed by atoms with Gasteiger partial charge in [-0.3, -0.25) is 9.48 Å². The fourth-order valence-electron chi connectivity index (χ4n) is 3.03. The molecular formula is C16H28N4O3S. The molecule has 0 radical (unpaired) electrons. The van der Waals surface area contributed by atoms with Crippen molar-refractivity contribution >= 4 is 15.9 Å². The van der Waals surface area contributed by atoms with E-state index in [1.165, 1.54) is 4.31 Å². The third kappa shape index (κ3) is 4.36. The van der Waals surface area contributed by atoms with Gasteiger partial charge >= 0.3 is 0 Å². The van der Waals surface area contributed by atoms with E-state index in [9.17, 15) is 13.2 Å². The summed E-state index contributed by atoms with van der Waals surface area (Å²) >= 11 is 0. The SMILES string of the molecule is CCCn1ncc(C(=O)N[C@@H]2CCCCN(S(=O)(=O)CC)C2)c1C. The Morgan fingerprint density at radius 1 is 1.38 bits per heavy atom. The van der Waals surface area contributed by atoms with Crippen LogP contribution in [0, 0.1) is 6.92 Å². The third-order valence-electron chi connectivity index (χ3n) is 4.51. The smallest absolute Gasteiger partial charge is 0.255 e. The van der Waals surface area contributed by atoms with Crippen molar-refractivity contribution in [1.29, 1.82) is 0 Å². The number of carbonyl (C=O) groups is 1. The number of carbonyl (C=O) groups excluding carboxylic acids is 1. The molecule has 1 aromatic heterocycles. The molecule has 0 spiro atoms. The van der Waals surface area contributed by atoms with Crippen molar-refractivity contribution in [3.8, 4) is 0 Å². The lowest BCUT2D eigenvalue weighted by molar-refractivity contribution is 0.0931. The number of hydrogen-bond donors (Lipinski definition) is 1. The van der Waals surface area contributed by atoms with Gasteiger partial charge in [0.1, 0.15) is 0 Å². The summed E-state index contributed by atoms with van der Waals surface area (Å²) in [7, 11) is -3.22. The van der Waals surface area contributed by atoms with Crippen LogP contribution >= 0.6 is 0 Å². The lowest BCUT2D eigenvalue weighted by Crippen LogP contribution is -2.45. The largest absolute Gasteiger partial charge is 0.348 e. The lowest BCUT2D eigenvalue weighted by Gasteiger charge is -2.24. The molecule has 24 heavy (non-hydrogen) atoms. The minimum absolute atomic E-state index is 0.0938. The summed E-state index contributed by atoms with van der Waals surface area (Å²) in [5, 5.41) is 7.25. The van der Waals surface area contributed by atoms with Crippen molar-refractivity contribution in [3.63, 3.8) is 0 Å². The summed E-state index contributed by atoms with van der Waals surface area (Å²) in [5.74, 6) is -0.0769. The minimum Gasteiger partial charge on any atom is -0.348 e. The van der Waals surface area contributed by atoms with E-state index in [0.29, 0.717) is 18.7 Å². The average molecular weight is 356 g/mol. The van der Waals surface area contributed by atoms with E-state index in [1.54, 1.807) is 13.1 Å². The molecule has 1 atom stereocenters. The lowest BCUT2D eigenvalue weighted by atomic mass is 10.1. The Morgan fingerprint density at radius 3 is 2.79 bits per heavy atom. The maximum absolute atomic E-state index is 12.6. The summed E-state index contributed by atoms with van der Waals surface area (Å²) in [6.45, 7) is 7.28. The van der Waals surface area contributed by atoms with Gasteiger partial charge in [0.05, 0.1) is 17.5 Å². The van der Waals surface area contributed by atoms with Gasteiger partial charge in [0, 0.05) is 31.4 Å². The highest BCUT2D eigenvalue weighted by atomic mass is 32.2. The number of amides is 1.